The number of hydrogen-bond acceptors (Lipinski definition) is 2. The third-order valence-corrected chi connectivity index (χ3v) is 3.75. The highest BCUT2D eigenvalue weighted by atomic mass is 14.9. The van der Waals surface area contributed by atoms with Gasteiger partial charge in [0.1, 0.15) is 0 Å². The van der Waals surface area contributed by atoms with Crippen LogP contribution in [0.1, 0.15) is 30.5 Å². The molecule has 0 unspecified atom stereocenters. The first-order chi connectivity index (χ1) is 9.49. The summed E-state index contributed by atoms with van der Waals surface area (Å²) in [6, 6.07) is 16.7. The van der Waals surface area contributed by atoms with Crippen molar-refractivity contribution in [3.05, 3.63) is 65.2 Å². The summed E-state index contributed by atoms with van der Waals surface area (Å²) in [5, 5.41) is 3.55. The quantitative estimate of drug-likeness (QED) is 0.812. The van der Waals surface area contributed by atoms with Gasteiger partial charge in [-0.2, -0.15) is 0 Å². The van der Waals surface area contributed by atoms with Gasteiger partial charge < -0.3 is 11.1 Å². The van der Waals surface area contributed by atoms with Crippen LogP contribution in [0.3, 0.4) is 0 Å². The lowest BCUT2D eigenvalue weighted by atomic mass is 9.82. The van der Waals surface area contributed by atoms with Gasteiger partial charge >= 0.3 is 0 Å². The lowest BCUT2D eigenvalue weighted by molar-refractivity contribution is 0.467. The molecule has 0 heterocycles. The zero-order chi connectivity index (χ0) is 14.6. The number of nitrogen functional groups attached to an aromatic ring is 1. The molecule has 0 fully saturated rings. The SMILES string of the molecule is Cc1ccccc1C(C)(C)CNCc1ccc(N)cc1. The Hall–Kier alpha value is -1.80. The van der Waals surface area contributed by atoms with E-state index in [0.717, 1.165) is 18.8 Å². The molecular weight excluding hydrogens is 244 g/mol. The number of anilines is 1. The molecule has 0 aromatic heterocycles. The monoisotopic (exact) mass is 268 g/mol. The van der Waals surface area contributed by atoms with Gasteiger partial charge in [-0.1, -0.05) is 50.2 Å². The van der Waals surface area contributed by atoms with Crippen LogP contribution in [0.5, 0.6) is 0 Å². The summed E-state index contributed by atoms with van der Waals surface area (Å²) < 4.78 is 0. The molecule has 0 spiro atoms. The van der Waals surface area contributed by atoms with Crippen molar-refractivity contribution in [3.8, 4) is 0 Å². The molecule has 0 aliphatic heterocycles. The number of rotatable bonds is 5. The molecule has 0 aliphatic rings. The Kier molecular flexibility index (Phi) is 4.46. The van der Waals surface area contributed by atoms with Crippen LogP contribution in [0.15, 0.2) is 48.5 Å². The van der Waals surface area contributed by atoms with Crippen molar-refractivity contribution in [2.45, 2.75) is 32.7 Å². The molecule has 0 radical (unpaired) electrons. The first kappa shape index (κ1) is 14.6. The summed E-state index contributed by atoms with van der Waals surface area (Å²) in [4.78, 5) is 0. The number of nitrogens with one attached hydrogen (secondary N) is 1. The second-order valence-electron chi connectivity index (χ2n) is 6.04. The van der Waals surface area contributed by atoms with Crippen LogP contribution in [0.4, 0.5) is 5.69 Å². The van der Waals surface area contributed by atoms with Crippen LogP contribution in [0.25, 0.3) is 0 Å². The third-order valence-electron chi connectivity index (χ3n) is 3.75. The maximum absolute atomic E-state index is 5.70. The van der Waals surface area contributed by atoms with Gasteiger partial charge in [-0.05, 0) is 35.7 Å². The van der Waals surface area contributed by atoms with Gasteiger partial charge in [0.2, 0.25) is 0 Å². The van der Waals surface area contributed by atoms with E-state index in [1.54, 1.807) is 0 Å². The van der Waals surface area contributed by atoms with E-state index in [1.165, 1.54) is 16.7 Å². The van der Waals surface area contributed by atoms with E-state index < -0.39 is 0 Å². The highest BCUT2D eigenvalue weighted by Crippen LogP contribution is 2.25. The van der Waals surface area contributed by atoms with Crippen molar-refractivity contribution in [1.82, 2.24) is 5.32 Å². The molecule has 106 valence electrons. The molecular formula is C18H24N2. The fraction of sp³-hybridized carbons (Fsp3) is 0.333. The van der Waals surface area contributed by atoms with E-state index in [-0.39, 0.29) is 5.41 Å². The highest BCUT2D eigenvalue weighted by molar-refractivity contribution is 5.39. The predicted molar refractivity (Wildman–Crippen MR) is 86.8 cm³/mol. The van der Waals surface area contributed by atoms with Gasteiger partial charge in [0, 0.05) is 24.2 Å². The zero-order valence-electron chi connectivity index (χ0n) is 12.6. The number of hydrogen-bond donors (Lipinski definition) is 2. The van der Waals surface area contributed by atoms with E-state index in [1.807, 2.05) is 12.1 Å². The fourth-order valence-corrected chi connectivity index (χ4v) is 2.58. The molecule has 0 atom stereocenters. The molecule has 20 heavy (non-hydrogen) atoms. The van der Waals surface area contributed by atoms with Crippen molar-refractivity contribution in [3.63, 3.8) is 0 Å². The Morgan fingerprint density at radius 2 is 1.65 bits per heavy atom. The number of aryl methyl sites for hydroxylation is 1. The van der Waals surface area contributed by atoms with Gasteiger partial charge in [0.15, 0.2) is 0 Å². The zero-order valence-corrected chi connectivity index (χ0v) is 12.6. The highest BCUT2D eigenvalue weighted by Gasteiger charge is 2.21. The maximum Gasteiger partial charge on any atom is 0.0314 e. The van der Waals surface area contributed by atoms with Crippen molar-refractivity contribution in [2.24, 2.45) is 0 Å². The van der Waals surface area contributed by atoms with Crippen molar-refractivity contribution < 1.29 is 0 Å². The summed E-state index contributed by atoms with van der Waals surface area (Å²) >= 11 is 0. The average molecular weight is 268 g/mol. The minimum atomic E-state index is 0.124. The lowest BCUT2D eigenvalue weighted by Gasteiger charge is -2.27. The largest absolute Gasteiger partial charge is 0.399 e. The molecule has 2 nitrogen and oxygen atoms in total. The third kappa shape index (κ3) is 3.61. The molecule has 2 heteroatoms. The van der Waals surface area contributed by atoms with Crippen molar-refractivity contribution in [1.29, 1.82) is 0 Å². The van der Waals surface area contributed by atoms with E-state index in [0.29, 0.717) is 0 Å². The Balaban J connectivity index is 1.96. The molecule has 0 amide bonds. The molecule has 3 N–H and O–H groups in total. The van der Waals surface area contributed by atoms with Crippen LogP contribution in [0, 0.1) is 6.92 Å². The summed E-state index contributed by atoms with van der Waals surface area (Å²) in [5.41, 5.74) is 10.7. The van der Waals surface area contributed by atoms with Gasteiger partial charge in [0.25, 0.3) is 0 Å². The van der Waals surface area contributed by atoms with Crippen molar-refractivity contribution in [2.75, 3.05) is 12.3 Å². The number of benzene rings is 2. The molecule has 0 bridgehead atoms. The molecule has 0 aliphatic carbocycles. The molecule has 2 rings (SSSR count). The summed E-state index contributed by atoms with van der Waals surface area (Å²) in [6.07, 6.45) is 0. The van der Waals surface area contributed by atoms with Gasteiger partial charge in [-0.25, -0.2) is 0 Å². The molecule has 2 aromatic carbocycles. The Labute approximate surface area is 122 Å². The van der Waals surface area contributed by atoms with Gasteiger partial charge in [0.05, 0.1) is 0 Å². The topological polar surface area (TPSA) is 38.0 Å². The summed E-state index contributed by atoms with van der Waals surface area (Å²) in [5.74, 6) is 0. The second kappa shape index (κ2) is 6.10. The molecule has 0 saturated carbocycles. The molecule has 0 saturated heterocycles. The molecule has 2 aromatic rings. The first-order valence-corrected chi connectivity index (χ1v) is 7.10. The van der Waals surface area contributed by atoms with E-state index in [9.17, 15) is 0 Å². The Morgan fingerprint density at radius 1 is 1.00 bits per heavy atom. The Bertz CT molecular complexity index is 556. The Morgan fingerprint density at radius 3 is 2.30 bits per heavy atom. The van der Waals surface area contributed by atoms with E-state index in [2.05, 4.69) is 62.5 Å². The maximum atomic E-state index is 5.70. The van der Waals surface area contributed by atoms with Crippen LogP contribution in [-0.2, 0) is 12.0 Å². The van der Waals surface area contributed by atoms with Crippen LogP contribution in [-0.4, -0.2) is 6.54 Å². The number of nitrogens with two attached hydrogens (primary N) is 1. The predicted octanol–water partition coefficient (Wildman–Crippen LogP) is 3.64. The minimum absolute atomic E-state index is 0.124. The first-order valence-electron chi connectivity index (χ1n) is 7.10. The van der Waals surface area contributed by atoms with Crippen LogP contribution >= 0.6 is 0 Å². The standard InChI is InChI=1S/C18H24N2/c1-14-6-4-5-7-17(14)18(2,3)13-20-12-15-8-10-16(19)11-9-15/h4-11,20H,12-13,19H2,1-3H3. The fourth-order valence-electron chi connectivity index (χ4n) is 2.58. The average Bonchev–Trinajstić information content (AvgIpc) is 2.41. The van der Waals surface area contributed by atoms with Crippen LogP contribution < -0.4 is 11.1 Å². The minimum Gasteiger partial charge on any atom is -0.399 e. The van der Waals surface area contributed by atoms with Gasteiger partial charge in [-0.3, -0.25) is 0 Å². The van der Waals surface area contributed by atoms with Crippen molar-refractivity contribution >= 4 is 5.69 Å². The second-order valence-corrected chi connectivity index (χ2v) is 6.04. The lowest BCUT2D eigenvalue weighted by Crippen LogP contribution is -2.33. The van der Waals surface area contributed by atoms with Crippen LogP contribution in [0.2, 0.25) is 0 Å². The normalized spacial score (nSPS) is 11.6. The van der Waals surface area contributed by atoms with E-state index >= 15 is 0 Å². The summed E-state index contributed by atoms with van der Waals surface area (Å²) in [7, 11) is 0. The van der Waals surface area contributed by atoms with Gasteiger partial charge in [-0.15, -0.1) is 0 Å². The van der Waals surface area contributed by atoms with E-state index in [4.69, 9.17) is 5.73 Å². The smallest absolute Gasteiger partial charge is 0.0314 e. The summed E-state index contributed by atoms with van der Waals surface area (Å²) in [6.45, 7) is 8.56.